The van der Waals surface area contributed by atoms with Gasteiger partial charge in [-0.2, -0.15) is 23.1 Å². The molecule has 2 atom stereocenters. The Morgan fingerprint density at radius 1 is 1.21 bits per heavy atom. The summed E-state index contributed by atoms with van der Waals surface area (Å²) < 4.78 is 72.7. The average molecular weight is 685 g/mol. The Kier molecular flexibility index (Phi) is 7.78. The van der Waals surface area contributed by atoms with Crippen LogP contribution in [-0.4, -0.2) is 63.2 Å². The van der Waals surface area contributed by atoms with Gasteiger partial charge in [0.05, 0.1) is 45.4 Å². The highest BCUT2D eigenvalue weighted by molar-refractivity contribution is 6.36. The number of hydrogen-bond acceptors (Lipinski definition) is 10. The second-order valence-corrected chi connectivity index (χ2v) is 13.0. The summed E-state index contributed by atoms with van der Waals surface area (Å²) in [6.45, 7) is 9.39. The standard InChI is InChI=1S/C33H33ClF4N8O2/c1-16-13-32(7-5-9-45(32)14-16)15-48-31-43-27-22-28(47-11-10-46(30(22)44-31)18(3)19-6-4-8-41-29(19)40)24(34)21(25(27)35)26-23(33(36,37)38)17(2)12-20(39)42-26/h4,6,8,12,18H,1,5,7,9-11,13-15H2,2-3H3,(H2,39,42)(H2,40,41)/t18-,32+/m1/s1. The Balaban J connectivity index is 1.46. The monoisotopic (exact) mass is 684 g/mol. The normalized spacial score (nSPS) is 20.1. The predicted octanol–water partition coefficient (Wildman–Crippen LogP) is 6.50. The minimum atomic E-state index is -4.90. The minimum Gasteiger partial charge on any atom is -0.489 e. The molecule has 0 spiro atoms. The molecule has 0 saturated carbocycles. The van der Waals surface area contributed by atoms with Crippen molar-refractivity contribution < 1.29 is 27.0 Å². The number of rotatable bonds is 6. The van der Waals surface area contributed by atoms with E-state index in [0.717, 1.165) is 44.0 Å². The van der Waals surface area contributed by atoms with Gasteiger partial charge >= 0.3 is 12.2 Å². The third-order valence-electron chi connectivity index (χ3n) is 9.54. The summed E-state index contributed by atoms with van der Waals surface area (Å²) in [5.74, 6) is -0.959. The summed E-state index contributed by atoms with van der Waals surface area (Å²) in [7, 11) is 0. The van der Waals surface area contributed by atoms with E-state index in [-0.39, 0.29) is 65.2 Å². The average Bonchev–Trinajstić information content (AvgIpc) is 3.46. The van der Waals surface area contributed by atoms with Crippen molar-refractivity contribution in [3.63, 3.8) is 0 Å². The molecule has 48 heavy (non-hydrogen) atoms. The van der Waals surface area contributed by atoms with E-state index in [9.17, 15) is 13.2 Å². The van der Waals surface area contributed by atoms with E-state index in [1.54, 1.807) is 12.3 Å². The lowest BCUT2D eigenvalue weighted by molar-refractivity contribution is -0.137. The van der Waals surface area contributed by atoms with Gasteiger partial charge in [0.15, 0.2) is 11.6 Å². The number of fused-ring (bicyclic) bond motifs is 1. The van der Waals surface area contributed by atoms with E-state index in [2.05, 4.69) is 26.4 Å². The van der Waals surface area contributed by atoms with Crippen molar-refractivity contribution in [2.45, 2.75) is 50.9 Å². The van der Waals surface area contributed by atoms with Crippen molar-refractivity contribution in [3.05, 3.63) is 64.1 Å². The van der Waals surface area contributed by atoms with Crippen LogP contribution in [0, 0.1) is 12.7 Å². The van der Waals surface area contributed by atoms with E-state index in [4.69, 9.17) is 37.5 Å². The molecule has 3 aliphatic rings. The van der Waals surface area contributed by atoms with Crippen molar-refractivity contribution in [2.24, 2.45) is 0 Å². The molecule has 0 amide bonds. The molecule has 2 fully saturated rings. The molecule has 15 heteroatoms. The summed E-state index contributed by atoms with van der Waals surface area (Å²) >= 11 is 6.80. The van der Waals surface area contributed by atoms with Gasteiger partial charge in [-0.15, -0.1) is 0 Å². The fourth-order valence-corrected chi connectivity index (χ4v) is 7.73. The molecule has 4 N–H and O–H groups in total. The zero-order valence-corrected chi connectivity index (χ0v) is 27.1. The molecule has 3 aliphatic heterocycles. The summed E-state index contributed by atoms with van der Waals surface area (Å²) in [6.07, 6.45) is -0.725. The van der Waals surface area contributed by atoms with Crippen LogP contribution in [-0.2, 0) is 6.18 Å². The lowest BCUT2D eigenvalue weighted by Crippen LogP contribution is -2.43. The Morgan fingerprint density at radius 2 is 2.00 bits per heavy atom. The number of ether oxygens (including phenoxy) is 2. The van der Waals surface area contributed by atoms with Crippen LogP contribution in [0.3, 0.4) is 0 Å². The van der Waals surface area contributed by atoms with Crippen LogP contribution >= 0.6 is 11.6 Å². The maximum atomic E-state index is 17.0. The fourth-order valence-electron chi connectivity index (χ4n) is 7.41. The predicted molar refractivity (Wildman–Crippen MR) is 175 cm³/mol. The first kappa shape index (κ1) is 32.1. The van der Waals surface area contributed by atoms with Crippen molar-refractivity contribution >= 4 is 40.0 Å². The molecule has 0 aliphatic carbocycles. The third kappa shape index (κ3) is 5.21. The van der Waals surface area contributed by atoms with E-state index in [1.165, 1.54) is 6.92 Å². The van der Waals surface area contributed by atoms with E-state index in [0.29, 0.717) is 11.4 Å². The smallest absolute Gasteiger partial charge is 0.418 e. The van der Waals surface area contributed by atoms with Crippen molar-refractivity contribution in [3.8, 4) is 23.0 Å². The highest BCUT2D eigenvalue weighted by atomic mass is 35.5. The van der Waals surface area contributed by atoms with E-state index in [1.807, 2.05) is 17.9 Å². The molecule has 0 bridgehead atoms. The first-order chi connectivity index (χ1) is 22.8. The van der Waals surface area contributed by atoms with Crippen LogP contribution in [0.1, 0.15) is 48.9 Å². The zero-order chi connectivity index (χ0) is 34.1. The number of aromatic nitrogens is 4. The Labute approximate surface area is 278 Å². The number of anilines is 3. The first-order valence-electron chi connectivity index (χ1n) is 15.5. The highest BCUT2D eigenvalue weighted by Crippen LogP contribution is 2.51. The molecule has 0 radical (unpaired) electrons. The second-order valence-electron chi connectivity index (χ2n) is 12.6. The van der Waals surface area contributed by atoms with E-state index >= 15 is 4.39 Å². The molecule has 252 valence electrons. The molecule has 7 rings (SSSR count). The molecular formula is C33H33ClF4N8O2. The molecule has 2 saturated heterocycles. The van der Waals surface area contributed by atoms with Gasteiger partial charge in [-0.05, 0) is 57.4 Å². The molecular weight excluding hydrogens is 652 g/mol. The summed E-state index contributed by atoms with van der Waals surface area (Å²) in [6, 6.07) is 4.04. The van der Waals surface area contributed by atoms with Crippen LogP contribution in [0.4, 0.5) is 35.0 Å². The lowest BCUT2D eigenvalue weighted by atomic mass is 9.94. The topological polar surface area (TPSA) is 129 Å². The first-order valence-corrected chi connectivity index (χ1v) is 15.9. The lowest BCUT2D eigenvalue weighted by Gasteiger charge is -2.32. The van der Waals surface area contributed by atoms with Crippen LogP contribution in [0.5, 0.6) is 11.8 Å². The summed E-state index contributed by atoms with van der Waals surface area (Å²) in [5, 5.41) is -0.341. The van der Waals surface area contributed by atoms with Crippen molar-refractivity contribution in [1.29, 1.82) is 0 Å². The molecule has 4 aromatic rings. The van der Waals surface area contributed by atoms with Gasteiger partial charge in [0, 0.05) is 18.3 Å². The van der Waals surface area contributed by atoms with Gasteiger partial charge in [-0.3, -0.25) is 4.90 Å². The summed E-state index contributed by atoms with van der Waals surface area (Å²) in [5.41, 5.74) is 10.4. The van der Waals surface area contributed by atoms with Gasteiger partial charge in [0.1, 0.15) is 36.2 Å². The Morgan fingerprint density at radius 3 is 2.75 bits per heavy atom. The highest BCUT2D eigenvalue weighted by Gasteiger charge is 2.47. The van der Waals surface area contributed by atoms with Crippen molar-refractivity contribution in [2.75, 3.05) is 49.2 Å². The number of nitrogens with zero attached hydrogens (tertiary/aromatic N) is 6. The number of pyridine rings is 2. The maximum absolute atomic E-state index is 17.0. The van der Waals surface area contributed by atoms with Gasteiger partial charge in [0.2, 0.25) is 0 Å². The fraction of sp³-hybridized carbons (Fsp3) is 0.394. The van der Waals surface area contributed by atoms with Crippen molar-refractivity contribution in [1.82, 2.24) is 24.8 Å². The third-order valence-corrected chi connectivity index (χ3v) is 9.90. The minimum absolute atomic E-state index is 0.0205. The molecule has 6 heterocycles. The van der Waals surface area contributed by atoms with Gasteiger partial charge in [-0.1, -0.05) is 29.8 Å². The maximum Gasteiger partial charge on any atom is 0.418 e. The second kappa shape index (κ2) is 11.6. The quantitative estimate of drug-likeness (QED) is 0.171. The van der Waals surface area contributed by atoms with Gasteiger partial charge in [-0.25, -0.2) is 14.4 Å². The molecule has 3 aromatic heterocycles. The largest absolute Gasteiger partial charge is 0.489 e. The molecule has 1 aromatic carbocycles. The van der Waals surface area contributed by atoms with E-state index < -0.39 is 39.9 Å². The number of nitrogen functional groups attached to an aromatic ring is 2. The number of alkyl halides is 3. The Hall–Kier alpha value is -4.43. The SMILES string of the molecule is C=C1CN2CCC[C@@]2(COc2nc3c4c(c(Cl)c(-c5nc(N)cc(C)c5C(F)(F)F)c(F)c4n2)OCCN3[C@H](C)c2cccnc2N)C1. The number of nitrogens with two attached hydrogens (primary N) is 2. The summed E-state index contributed by atoms with van der Waals surface area (Å²) in [4.78, 5) is 21.6. The van der Waals surface area contributed by atoms with Gasteiger partial charge < -0.3 is 25.8 Å². The molecule has 0 unspecified atom stereocenters. The van der Waals surface area contributed by atoms with Crippen LogP contribution in [0.2, 0.25) is 5.02 Å². The van der Waals surface area contributed by atoms with Crippen LogP contribution < -0.4 is 25.8 Å². The molecule has 10 nitrogen and oxygen atoms in total. The van der Waals surface area contributed by atoms with Gasteiger partial charge in [0.25, 0.3) is 0 Å². The van der Waals surface area contributed by atoms with Crippen LogP contribution in [0.25, 0.3) is 22.2 Å². The number of aryl methyl sites for hydroxylation is 1. The van der Waals surface area contributed by atoms with Crippen LogP contribution in [0.15, 0.2) is 36.5 Å². The number of hydrogen-bond donors (Lipinski definition) is 2. The zero-order valence-electron chi connectivity index (χ0n) is 26.3. The Bertz CT molecular complexity index is 1980. The number of benzene rings is 1. The number of halogens is 5.